The maximum Gasteiger partial charge on any atom is -0.00440 e. The first-order valence-corrected chi connectivity index (χ1v) is 3.98. The molecule has 0 nitrogen and oxygen atoms in total. The summed E-state index contributed by atoms with van der Waals surface area (Å²) in [6, 6.07) is 0. The van der Waals surface area contributed by atoms with Gasteiger partial charge in [-0.05, 0) is 18.8 Å². The summed E-state index contributed by atoms with van der Waals surface area (Å²) in [6.07, 6.45) is 12.6. The van der Waals surface area contributed by atoms with E-state index in [0.717, 1.165) is 6.42 Å². The van der Waals surface area contributed by atoms with Crippen molar-refractivity contribution in [3.63, 3.8) is 0 Å². The number of hydrogen-bond acceptors (Lipinski definition) is 0. The van der Waals surface area contributed by atoms with Crippen LogP contribution < -0.4 is 0 Å². The molecule has 1 aliphatic carbocycles. The van der Waals surface area contributed by atoms with Crippen LogP contribution in [0.15, 0.2) is 49.1 Å². The molecule has 0 N–H and O–H groups in total. The summed E-state index contributed by atoms with van der Waals surface area (Å²) in [5.74, 6) is 0.596. The minimum atomic E-state index is 0.596. The second kappa shape index (κ2) is 3.97. The summed E-state index contributed by atoms with van der Waals surface area (Å²) in [6.45, 7) is 7.53. The van der Waals surface area contributed by atoms with Crippen molar-refractivity contribution in [2.75, 3.05) is 0 Å². The van der Waals surface area contributed by atoms with Crippen molar-refractivity contribution in [3.05, 3.63) is 49.1 Å². The summed E-state index contributed by atoms with van der Waals surface area (Å²) in [5, 5.41) is 0. The molecule has 0 amide bonds. The molecule has 1 atom stereocenters. The van der Waals surface area contributed by atoms with E-state index in [4.69, 9.17) is 0 Å². The fourth-order valence-electron chi connectivity index (χ4n) is 1.17. The van der Waals surface area contributed by atoms with E-state index in [1.54, 1.807) is 0 Å². The topological polar surface area (TPSA) is 0 Å². The first kappa shape index (κ1) is 8.06. The van der Waals surface area contributed by atoms with Crippen molar-refractivity contribution in [2.24, 2.45) is 5.92 Å². The fraction of sp³-hybridized carbons (Fsp3) is 0.273. The number of hydrogen-bond donors (Lipinski definition) is 0. The molecule has 0 unspecified atom stereocenters. The third-order valence-corrected chi connectivity index (χ3v) is 1.87. The quantitative estimate of drug-likeness (QED) is 0.524. The van der Waals surface area contributed by atoms with Gasteiger partial charge < -0.3 is 0 Å². The Kier molecular flexibility index (Phi) is 2.91. The molecular formula is C11H14. The summed E-state index contributed by atoms with van der Waals surface area (Å²) in [7, 11) is 0. The molecule has 0 saturated heterocycles. The van der Waals surface area contributed by atoms with Crippen LogP contribution in [0.1, 0.15) is 12.8 Å². The zero-order valence-corrected chi connectivity index (χ0v) is 6.79. The highest BCUT2D eigenvalue weighted by molar-refractivity contribution is 5.22. The van der Waals surface area contributed by atoms with E-state index < -0.39 is 0 Å². The largest absolute Gasteiger partial charge is 0.0991 e. The first-order chi connectivity index (χ1) is 5.33. The van der Waals surface area contributed by atoms with Gasteiger partial charge in [-0.1, -0.05) is 49.1 Å². The maximum absolute atomic E-state index is 3.90. The average molecular weight is 146 g/mol. The molecule has 1 rings (SSSR count). The van der Waals surface area contributed by atoms with Crippen molar-refractivity contribution in [3.8, 4) is 0 Å². The summed E-state index contributed by atoms with van der Waals surface area (Å²) >= 11 is 0. The van der Waals surface area contributed by atoms with Crippen LogP contribution in [0.5, 0.6) is 0 Å². The Hall–Kier alpha value is -1.04. The van der Waals surface area contributed by atoms with Gasteiger partial charge in [-0.2, -0.15) is 0 Å². The molecule has 0 bridgehead atoms. The molecule has 0 aromatic carbocycles. The zero-order valence-electron chi connectivity index (χ0n) is 6.79. The zero-order chi connectivity index (χ0) is 8.10. The van der Waals surface area contributed by atoms with Gasteiger partial charge in [-0.25, -0.2) is 0 Å². The van der Waals surface area contributed by atoms with E-state index in [1.165, 1.54) is 12.0 Å². The third kappa shape index (κ3) is 2.58. The lowest BCUT2D eigenvalue weighted by Gasteiger charge is -2.12. The van der Waals surface area contributed by atoms with Crippen molar-refractivity contribution in [1.82, 2.24) is 0 Å². The van der Waals surface area contributed by atoms with E-state index in [0.29, 0.717) is 5.92 Å². The van der Waals surface area contributed by atoms with Gasteiger partial charge in [0.05, 0.1) is 0 Å². The van der Waals surface area contributed by atoms with Crippen molar-refractivity contribution < 1.29 is 0 Å². The molecule has 0 saturated carbocycles. The van der Waals surface area contributed by atoms with Crippen LogP contribution in [0.2, 0.25) is 0 Å². The smallest absolute Gasteiger partial charge is 0.00440 e. The van der Waals surface area contributed by atoms with Gasteiger partial charge in [0, 0.05) is 0 Å². The fourth-order valence-corrected chi connectivity index (χ4v) is 1.17. The Morgan fingerprint density at radius 2 is 2.36 bits per heavy atom. The van der Waals surface area contributed by atoms with Crippen molar-refractivity contribution in [1.29, 1.82) is 0 Å². The lowest BCUT2D eigenvalue weighted by atomic mass is 9.93. The van der Waals surface area contributed by atoms with Crippen molar-refractivity contribution >= 4 is 0 Å². The van der Waals surface area contributed by atoms with Gasteiger partial charge in [0.2, 0.25) is 0 Å². The van der Waals surface area contributed by atoms with Crippen LogP contribution in [0.4, 0.5) is 0 Å². The van der Waals surface area contributed by atoms with E-state index in [9.17, 15) is 0 Å². The Labute approximate surface area is 68.6 Å². The molecule has 11 heavy (non-hydrogen) atoms. The van der Waals surface area contributed by atoms with Gasteiger partial charge in [0.1, 0.15) is 0 Å². The van der Waals surface area contributed by atoms with E-state index in [1.807, 2.05) is 12.2 Å². The predicted octanol–water partition coefficient (Wildman–Crippen LogP) is 3.25. The molecule has 0 fully saturated rings. The Morgan fingerprint density at radius 1 is 1.55 bits per heavy atom. The molecule has 0 aliphatic heterocycles. The van der Waals surface area contributed by atoms with Gasteiger partial charge in [0.25, 0.3) is 0 Å². The molecule has 0 heteroatoms. The van der Waals surface area contributed by atoms with Crippen molar-refractivity contribution in [2.45, 2.75) is 12.8 Å². The molecule has 0 heterocycles. The minimum absolute atomic E-state index is 0.596. The Bertz CT molecular complexity index is 206. The average Bonchev–Trinajstić information content (AvgIpc) is 2.04. The summed E-state index contributed by atoms with van der Waals surface area (Å²) < 4.78 is 0. The van der Waals surface area contributed by atoms with E-state index in [2.05, 4.69) is 31.4 Å². The molecule has 0 radical (unpaired) electrons. The van der Waals surface area contributed by atoms with Gasteiger partial charge in [0.15, 0.2) is 0 Å². The third-order valence-electron chi connectivity index (χ3n) is 1.87. The second-order valence-electron chi connectivity index (χ2n) is 2.84. The van der Waals surface area contributed by atoms with Crippen LogP contribution in [-0.2, 0) is 0 Å². The van der Waals surface area contributed by atoms with E-state index in [-0.39, 0.29) is 0 Å². The number of rotatable bonds is 2. The van der Waals surface area contributed by atoms with E-state index >= 15 is 0 Å². The Balaban J connectivity index is 2.50. The van der Waals surface area contributed by atoms with Gasteiger partial charge in [-0.15, -0.1) is 0 Å². The van der Waals surface area contributed by atoms with Crippen LogP contribution in [0.3, 0.4) is 0 Å². The predicted molar refractivity (Wildman–Crippen MR) is 50.3 cm³/mol. The molecule has 0 aromatic heterocycles. The highest BCUT2D eigenvalue weighted by Gasteiger charge is 2.05. The van der Waals surface area contributed by atoms with Crippen LogP contribution in [0, 0.1) is 5.92 Å². The van der Waals surface area contributed by atoms with Gasteiger partial charge in [-0.3, -0.25) is 0 Å². The molecule has 0 aromatic rings. The summed E-state index contributed by atoms with van der Waals surface area (Å²) in [5.41, 5.74) is 1.24. The SMILES string of the molecule is C=C/C=C\[C@H]1C=CC(=C)CC1. The Morgan fingerprint density at radius 3 is 2.91 bits per heavy atom. The monoisotopic (exact) mass is 146 g/mol. The highest BCUT2D eigenvalue weighted by Crippen LogP contribution is 2.20. The molecule has 58 valence electrons. The van der Waals surface area contributed by atoms with Gasteiger partial charge >= 0.3 is 0 Å². The number of allylic oxidation sites excluding steroid dienone is 6. The lowest BCUT2D eigenvalue weighted by Crippen LogP contribution is -1.97. The van der Waals surface area contributed by atoms with Crippen LogP contribution in [-0.4, -0.2) is 0 Å². The van der Waals surface area contributed by atoms with Crippen LogP contribution in [0.25, 0.3) is 0 Å². The second-order valence-corrected chi connectivity index (χ2v) is 2.84. The standard InChI is InChI=1S/C11H14/c1-3-4-5-11-8-6-10(2)7-9-11/h3-6,8,11H,1-2,7,9H2/b5-4-/t11-/m0/s1. The molecular weight excluding hydrogens is 132 g/mol. The van der Waals surface area contributed by atoms with Crippen LogP contribution >= 0.6 is 0 Å². The normalized spacial score (nSPS) is 24.4. The minimum Gasteiger partial charge on any atom is -0.0991 e. The highest BCUT2D eigenvalue weighted by atomic mass is 14.1. The molecule has 1 aliphatic rings. The molecule has 0 spiro atoms. The first-order valence-electron chi connectivity index (χ1n) is 3.98. The lowest BCUT2D eigenvalue weighted by molar-refractivity contribution is 0.691. The maximum atomic E-state index is 3.90. The summed E-state index contributed by atoms with van der Waals surface area (Å²) in [4.78, 5) is 0.